The van der Waals surface area contributed by atoms with Crippen LogP contribution in [0.15, 0.2) is 73.1 Å². The van der Waals surface area contributed by atoms with Crippen molar-refractivity contribution in [1.82, 2.24) is 20.2 Å². The molecule has 1 aliphatic carbocycles. The molecule has 0 radical (unpaired) electrons. The lowest BCUT2D eigenvalue weighted by molar-refractivity contribution is -0.128. The number of nitrogens with one attached hydrogen (secondary N) is 1. The summed E-state index contributed by atoms with van der Waals surface area (Å²) >= 11 is 0. The third-order valence-electron chi connectivity index (χ3n) is 7.11. The number of pyridine rings is 2. The number of hydrogen-bond acceptors (Lipinski definition) is 4. The van der Waals surface area contributed by atoms with Gasteiger partial charge in [-0.2, -0.15) is 0 Å². The summed E-state index contributed by atoms with van der Waals surface area (Å²) in [6, 6.07) is 20.7. The van der Waals surface area contributed by atoms with Crippen molar-refractivity contribution in [3.63, 3.8) is 0 Å². The molecule has 0 unspecified atom stereocenters. The lowest BCUT2D eigenvalue weighted by atomic mass is 9.83. The highest BCUT2D eigenvalue weighted by atomic mass is 16.2. The molecule has 1 saturated carbocycles. The Hall–Kier alpha value is -3.05. The largest absolute Gasteiger partial charge is 0.347 e. The number of hydrogen-bond donors (Lipinski definition) is 1. The molecule has 1 saturated heterocycles. The molecular formula is C28H32N4O. The summed E-state index contributed by atoms with van der Waals surface area (Å²) in [5, 5.41) is 3.38. The molecule has 2 aliphatic rings. The van der Waals surface area contributed by atoms with Gasteiger partial charge < -0.3 is 5.32 Å². The van der Waals surface area contributed by atoms with Crippen molar-refractivity contribution in [1.29, 1.82) is 0 Å². The molecule has 0 bridgehead atoms. The van der Waals surface area contributed by atoms with Crippen molar-refractivity contribution in [3.05, 3.63) is 84.3 Å². The van der Waals surface area contributed by atoms with Crippen LogP contribution in [0.1, 0.15) is 49.4 Å². The van der Waals surface area contributed by atoms with E-state index in [1.807, 2.05) is 42.7 Å². The maximum Gasteiger partial charge on any atom is 0.223 e. The average molecular weight is 441 g/mol. The second-order valence-corrected chi connectivity index (χ2v) is 9.42. The number of piperidine rings is 1. The highest BCUT2D eigenvalue weighted by Gasteiger charge is 2.33. The molecule has 33 heavy (non-hydrogen) atoms. The highest BCUT2D eigenvalue weighted by molar-refractivity contribution is 5.79. The van der Waals surface area contributed by atoms with E-state index in [1.54, 1.807) is 0 Å². The standard InChI is InChI=1S/C28H32N4O/c33-28(23-7-5-8-23)31-27(26-11-2-4-17-30-26)24-9-6-18-32(20-24)19-21-12-14-22(15-13-21)25-10-1-3-16-29-25/h1-4,10-17,23-24,27H,5-9,18-20H2,(H,31,33)/t24-,27-/m0/s1. The molecule has 1 amide bonds. The zero-order valence-corrected chi connectivity index (χ0v) is 19.1. The van der Waals surface area contributed by atoms with Crippen LogP contribution in [0.2, 0.25) is 0 Å². The first-order chi connectivity index (χ1) is 16.3. The van der Waals surface area contributed by atoms with Crippen LogP contribution in [0.4, 0.5) is 0 Å². The van der Waals surface area contributed by atoms with Crippen LogP contribution in [-0.4, -0.2) is 33.9 Å². The number of benzene rings is 1. The van der Waals surface area contributed by atoms with Crippen LogP contribution in [-0.2, 0) is 11.3 Å². The Labute approximate surface area is 196 Å². The second kappa shape index (κ2) is 10.3. The van der Waals surface area contributed by atoms with E-state index in [-0.39, 0.29) is 17.9 Å². The predicted octanol–water partition coefficient (Wildman–Crippen LogP) is 5.01. The van der Waals surface area contributed by atoms with Crippen LogP contribution in [0.5, 0.6) is 0 Å². The zero-order chi connectivity index (χ0) is 22.5. The molecule has 3 heterocycles. The summed E-state index contributed by atoms with van der Waals surface area (Å²) in [5.41, 5.74) is 4.44. The predicted molar refractivity (Wildman–Crippen MR) is 130 cm³/mol. The van der Waals surface area contributed by atoms with Gasteiger partial charge in [-0.1, -0.05) is 42.8 Å². The zero-order valence-electron chi connectivity index (χ0n) is 19.1. The molecule has 1 N–H and O–H groups in total. The highest BCUT2D eigenvalue weighted by Crippen LogP contribution is 2.32. The van der Waals surface area contributed by atoms with Gasteiger partial charge in [0.25, 0.3) is 0 Å². The van der Waals surface area contributed by atoms with E-state index in [4.69, 9.17) is 0 Å². The van der Waals surface area contributed by atoms with Gasteiger partial charge in [0.2, 0.25) is 5.91 Å². The molecule has 1 aliphatic heterocycles. The van der Waals surface area contributed by atoms with Crippen LogP contribution in [0.25, 0.3) is 11.3 Å². The number of carbonyl (C=O) groups is 1. The SMILES string of the molecule is O=C(N[C@H](c1ccccn1)[C@H]1CCCN(Cc2ccc(-c3ccccn3)cc2)C1)C1CCC1. The van der Waals surface area contributed by atoms with Crippen molar-refractivity contribution in [2.75, 3.05) is 13.1 Å². The van der Waals surface area contributed by atoms with Crippen LogP contribution < -0.4 is 5.32 Å². The molecular weight excluding hydrogens is 408 g/mol. The number of amides is 1. The van der Waals surface area contributed by atoms with Gasteiger partial charge in [-0.15, -0.1) is 0 Å². The van der Waals surface area contributed by atoms with Gasteiger partial charge in [-0.25, -0.2) is 0 Å². The third kappa shape index (κ3) is 5.31. The Morgan fingerprint density at radius 3 is 2.39 bits per heavy atom. The molecule has 5 rings (SSSR count). The molecule has 170 valence electrons. The minimum absolute atomic E-state index is 0.0198. The Bertz CT molecular complexity index is 1030. The van der Waals surface area contributed by atoms with E-state index in [0.717, 1.165) is 62.3 Å². The van der Waals surface area contributed by atoms with Gasteiger partial charge >= 0.3 is 0 Å². The van der Waals surface area contributed by atoms with Crippen molar-refractivity contribution in [2.45, 2.75) is 44.7 Å². The molecule has 5 heteroatoms. The summed E-state index contributed by atoms with van der Waals surface area (Å²) in [6.07, 6.45) is 9.13. The van der Waals surface area contributed by atoms with Gasteiger partial charge in [0.15, 0.2) is 0 Å². The van der Waals surface area contributed by atoms with E-state index >= 15 is 0 Å². The topological polar surface area (TPSA) is 58.1 Å². The number of nitrogens with zero attached hydrogens (tertiary/aromatic N) is 3. The summed E-state index contributed by atoms with van der Waals surface area (Å²) in [7, 11) is 0. The third-order valence-corrected chi connectivity index (χ3v) is 7.11. The van der Waals surface area contributed by atoms with Crippen LogP contribution in [0, 0.1) is 11.8 Å². The fourth-order valence-electron chi connectivity index (χ4n) is 5.01. The first-order valence-electron chi connectivity index (χ1n) is 12.2. The van der Waals surface area contributed by atoms with Gasteiger partial charge in [0.05, 0.1) is 17.4 Å². The lowest BCUT2D eigenvalue weighted by Crippen LogP contribution is -2.45. The quantitative estimate of drug-likeness (QED) is 0.561. The Balaban J connectivity index is 1.26. The maximum absolute atomic E-state index is 12.8. The fourth-order valence-corrected chi connectivity index (χ4v) is 5.01. The van der Waals surface area contributed by atoms with Crippen molar-refractivity contribution in [2.24, 2.45) is 11.8 Å². The number of aromatic nitrogens is 2. The van der Waals surface area contributed by atoms with E-state index in [1.165, 1.54) is 12.0 Å². The summed E-state index contributed by atoms with van der Waals surface area (Å²) in [5.74, 6) is 0.762. The molecule has 3 aromatic rings. The Kier molecular flexibility index (Phi) is 6.77. The second-order valence-electron chi connectivity index (χ2n) is 9.42. The van der Waals surface area contributed by atoms with Gasteiger partial charge in [-0.3, -0.25) is 19.7 Å². The summed E-state index contributed by atoms with van der Waals surface area (Å²) < 4.78 is 0. The molecule has 0 spiro atoms. The van der Waals surface area contributed by atoms with Gasteiger partial charge in [0, 0.05) is 37.0 Å². The average Bonchev–Trinajstić information content (AvgIpc) is 2.83. The number of likely N-dealkylation sites (tertiary alicyclic amines) is 1. The first kappa shape index (κ1) is 21.8. The molecule has 2 fully saturated rings. The Morgan fingerprint density at radius 1 is 0.939 bits per heavy atom. The normalized spacial score (nSPS) is 20.1. The summed E-state index contributed by atoms with van der Waals surface area (Å²) in [6.45, 7) is 2.97. The molecule has 2 aromatic heterocycles. The maximum atomic E-state index is 12.8. The molecule has 2 atom stereocenters. The van der Waals surface area contributed by atoms with Crippen molar-refractivity contribution in [3.8, 4) is 11.3 Å². The monoisotopic (exact) mass is 440 g/mol. The number of rotatable bonds is 7. The first-order valence-corrected chi connectivity index (χ1v) is 12.2. The fraction of sp³-hybridized carbons (Fsp3) is 0.393. The van der Waals surface area contributed by atoms with Crippen molar-refractivity contribution < 1.29 is 4.79 Å². The van der Waals surface area contributed by atoms with E-state index in [2.05, 4.69) is 50.5 Å². The summed E-state index contributed by atoms with van der Waals surface area (Å²) in [4.78, 5) is 24.4. The van der Waals surface area contributed by atoms with E-state index in [0.29, 0.717) is 5.92 Å². The minimum atomic E-state index is -0.0198. The van der Waals surface area contributed by atoms with Crippen LogP contribution >= 0.6 is 0 Å². The number of carbonyl (C=O) groups excluding carboxylic acids is 1. The van der Waals surface area contributed by atoms with E-state index in [9.17, 15) is 4.79 Å². The Morgan fingerprint density at radius 2 is 1.73 bits per heavy atom. The van der Waals surface area contributed by atoms with Crippen molar-refractivity contribution >= 4 is 5.91 Å². The molecule has 1 aromatic carbocycles. The van der Waals surface area contributed by atoms with E-state index < -0.39 is 0 Å². The molecule has 5 nitrogen and oxygen atoms in total. The van der Waals surface area contributed by atoms with Crippen LogP contribution in [0.3, 0.4) is 0 Å². The lowest BCUT2D eigenvalue weighted by Gasteiger charge is -2.38. The smallest absolute Gasteiger partial charge is 0.223 e. The minimum Gasteiger partial charge on any atom is -0.347 e. The van der Waals surface area contributed by atoms with Gasteiger partial charge in [0.1, 0.15) is 0 Å². The van der Waals surface area contributed by atoms with Gasteiger partial charge in [-0.05, 0) is 68.0 Å².